The molecule has 0 heterocycles. The molecule has 1 rings (SSSR count). The summed E-state index contributed by atoms with van der Waals surface area (Å²) >= 11 is 2.92. The summed E-state index contributed by atoms with van der Waals surface area (Å²) in [6.07, 6.45) is -0.755. The number of aromatic hydroxyl groups is 1. The molecule has 1 aromatic rings. The number of ether oxygens (including phenoxy) is 1. The van der Waals surface area contributed by atoms with Gasteiger partial charge in [-0.05, 0) is 42.8 Å². The lowest BCUT2D eigenvalue weighted by atomic mass is 10.2. The van der Waals surface area contributed by atoms with Crippen LogP contribution in [0.2, 0.25) is 0 Å². The number of nitrogens with one attached hydrogen (secondary N) is 1. The molecule has 0 aromatic heterocycles. The summed E-state index contributed by atoms with van der Waals surface area (Å²) in [5.74, 6) is -0.835. The van der Waals surface area contributed by atoms with Crippen LogP contribution in [-0.4, -0.2) is 16.8 Å². The Hall–Kier alpha value is -1.30. The van der Waals surface area contributed by atoms with E-state index < -0.39 is 17.5 Å². The van der Waals surface area contributed by atoms with Crippen LogP contribution in [0.1, 0.15) is 20.8 Å². The van der Waals surface area contributed by atoms with Gasteiger partial charge in [-0.1, -0.05) is 0 Å². The molecule has 0 aliphatic rings. The van der Waals surface area contributed by atoms with Gasteiger partial charge >= 0.3 is 6.09 Å². The van der Waals surface area contributed by atoms with Crippen molar-refractivity contribution < 1.29 is 19.0 Å². The second-order valence-corrected chi connectivity index (χ2v) is 5.26. The highest BCUT2D eigenvalue weighted by Crippen LogP contribution is 2.29. The number of phenolic OH excluding ortho intramolecular Hbond substituents is 1. The van der Waals surface area contributed by atoms with Gasteiger partial charge in [-0.25, -0.2) is 9.18 Å². The SMILES string of the molecule is CC(C)(C)OC(=O)Nc1cc(F)c(Br)cc1O. The Morgan fingerprint density at radius 3 is 2.59 bits per heavy atom. The molecule has 0 spiro atoms. The third-order valence-corrected chi connectivity index (χ3v) is 2.28. The van der Waals surface area contributed by atoms with Crippen LogP contribution in [0.4, 0.5) is 14.9 Å². The van der Waals surface area contributed by atoms with Gasteiger partial charge in [0.15, 0.2) is 0 Å². The molecule has 0 radical (unpaired) electrons. The first-order chi connectivity index (χ1) is 7.69. The van der Waals surface area contributed by atoms with Crippen LogP contribution in [0, 0.1) is 5.82 Å². The molecule has 0 atom stereocenters. The van der Waals surface area contributed by atoms with E-state index in [1.165, 1.54) is 0 Å². The number of hydrogen-bond acceptors (Lipinski definition) is 3. The van der Waals surface area contributed by atoms with E-state index in [1.807, 2.05) is 0 Å². The van der Waals surface area contributed by atoms with Gasteiger partial charge < -0.3 is 9.84 Å². The van der Waals surface area contributed by atoms with E-state index in [1.54, 1.807) is 20.8 Å². The summed E-state index contributed by atoms with van der Waals surface area (Å²) in [4.78, 5) is 11.4. The molecule has 0 unspecified atom stereocenters. The Balaban J connectivity index is 2.82. The average molecular weight is 306 g/mol. The quantitative estimate of drug-likeness (QED) is 0.779. The lowest BCUT2D eigenvalue weighted by molar-refractivity contribution is 0.0635. The highest BCUT2D eigenvalue weighted by Gasteiger charge is 2.18. The average Bonchev–Trinajstić information content (AvgIpc) is 2.11. The Kier molecular flexibility index (Phi) is 3.98. The number of benzene rings is 1. The van der Waals surface area contributed by atoms with Gasteiger partial charge in [0.2, 0.25) is 0 Å². The molecule has 1 aromatic carbocycles. The summed E-state index contributed by atoms with van der Waals surface area (Å²) in [5.41, 5.74) is -0.701. The largest absolute Gasteiger partial charge is 0.506 e. The van der Waals surface area contributed by atoms with Crippen molar-refractivity contribution in [2.75, 3.05) is 5.32 Å². The number of carbonyl (C=O) groups excluding carboxylic acids is 1. The monoisotopic (exact) mass is 305 g/mol. The first-order valence-electron chi connectivity index (χ1n) is 4.87. The molecule has 94 valence electrons. The number of halogens is 2. The molecule has 0 aliphatic carbocycles. The maximum atomic E-state index is 13.2. The molecule has 0 bridgehead atoms. The fraction of sp³-hybridized carbons (Fsp3) is 0.364. The van der Waals surface area contributed by atoms with Gasteiger partial charge in [-0.3, -0.25) is 5.32 Å². The number of hydrogen-bond donors (Lipinski definition) is 2. The molecular formula is C11H13BrFNO3. The normalized spacial score (nSPS) is 11.1. The number of phenols is 1. The first-order valence-corrected chi connectivity index (χ1v) is 5.66. The van der Waals surface area contributed by atoms with Gasteiger partial charge in [-0.15, -0.1) is 0 Å². The Morgan fingerprint density at radius 2 is 2.06 bits per heavy atom. The molecule has 6 heteroatoms. The van der Waals surface area contributed by atoms with Crippen molar-refractivity contribution in [3.8, 4) is 5.75 Å². The summed E-state index contributed by atoms with van der Waals surface area (Å²) in [5, 5.41) is 11.8. The summed E-state index contributed by atoms with van der Waals surface area (Å²) < 4.78 is 18.3. The lowest BCUT2D eigenvalue weighted by Gasteiger charge is -2.20. The third-order valence-electron chi connectivity index (χ3n) is 1.67. The zero-order chi connectivity index (χ0) is 13.2. The van der Waals surface area contributed by atoms with Crippen LogP contribution >= 0.6 is 15.9 Å². The van der Waals surface area contributed by atoms with E-state index in [0.717, 1.165) is 12.1 Å². The third kappa shape index (κ3) is 4.22. The van der Waals surface area contributed by atoms with Crippen molar-refractivity contribution in [2.45, 2.75) is 26.4 Å². The molecule has 2 N–H and O–H groups in total. The topological polar surface area (TPSA) is 58.6 Å². The number of carbonyl (C=O) groups is 1. The van der Waals surface area contributed by atoms with E-state index in [4.69, 9.17) is 4.74 Å². The smallest absolute Gasteiger partial charge is 0.412 e. The summed E-state index contributed by atoms with van der Waals surface area (Å²) in [7, 11) is 0. The van der Waals surface area contributed by atoms with E-state index in [0.29, 0.717) is 0 Å². The Morgan fingerprint density at radius 1 is 1.47 bits per heavy atom. The first kappa shape index (κ1) is 13.8. The van der Waals surface area contributed by atoms with Crippen LogP contribution in [0.25, 0.3) is 0 Å². The minimum absolute atomic E-state index is 0.0417. The van der Waals surface area contributed by atoms with Crippen LogP contribution in [0.3, 0.4) is 0 Å². The van der Waals surface area contributed by atoms with Crippen molar-refractivity contribution in [3.05, 3.63) is 22.4 Å². The maximum Gasteiger partial charge on any atom is 0.412 e. The predicted octanol–water partition coefficient (Wildman–Crippen LogP) is 3.64. The van der Waals surface area contributed by atoms with Crippen LogP contribution in [0.5, 0.6) is 5.75 Å². The zero-order valence-corrected chi connectivity index (χ0v) is 11.3. The van der Waals surface area contributed by atoms with E-state index >= 15 is 0 Å². The molecule has 0 fully saturated rings. The van der Waals surface area contributed by atoms with Crippen molar-refractivity contribution in [1.82, 2.24) is 0 Å². The molecular weight excluding hydrogens is 293 g/mol. The summed E-state index contributed by atoms with van der Waals surface area (Å²) in [6.45, 7) is 5.11. The highest BCUT2D eigenvalue weighted by molar-refractivity contribution is 9.10. The Labute approximate surface area is 107 Å². The molecule has 0 aliphatic heterocycles. The van der Waals surface area contributed by atoms with Gasteiger partial charge in [-0.2, -0.15) is 0 Å². The predicted molar refractivity (Wildman–Crippen MR) is 65.6 cm³/mol. The zero-order valence-electron chi connectivity index (χ0n) is 9.67. The number of amides is 1. The van der Waals surface area contributed by atoms with Crippen LogP contribution in [0.15, 0.2) is 16.6 Å². The highest BCUT2D eigenvalue weighted by atomic mass is 79.9. The maximum absolute atomic E-state index is 13.2. The molecule has 0 saturated heterocycles. The second kappa shape index (κ2) is 4.91. The van der Waals surface area contributed by atoms with Gasteiger partial charge in [0.1, 0.15) is 17.2 Å². The van der Waals surface area contributed by atoms with Gasteiger partial charge in [0.05, 0.1) is 10.2 Å². The minimum atomic E-state index is -0.755. The van der Waals surface area contributed by atoms with Crippen LogP contribution < -0.4 is 5.32 Å². The summed E-state index contributed by atoms with van der Waals surface area (Å²) in [6, 6.07) is 2.16. The Bertz CT molecular complexity index is 443. The van der Waals surface area contributed by atoms with Gasteiger partial charge in [0, 0.05) is 6.07 Å². The fourth-order valence-electron chi connectivity index (χ4n) is 1.05. The standard InChI is InChI=1S/C11H13BrFNO3/c1-11(2,3)17-10(16)14-8-5-7(13)6(12)4-9(8)15/h4-5,15H,1-3H3,(H,14,16). The second-order valence-electron chi connectivity index (χ2n) is 4.41. The molecule has 4 nitrogen and oxygen atoms in total. The molecule has 1 amide bonds. The van der Waals surface area contributed by atoms with E-state index in [2.05, 4.69) is 21.2 Å². The van der Waals surface area contributed by atoms with Crippen molar-refractivity contribution in [2.24, 2.45) is 0 Å². The molecule has 17 heavy (non-hydrogen) atoms. The molecule has 0 saturated carbocycles. The van der Waals surface area contributed by atoms with Gasteiger partial charge in [0.25, 0.3) is 0 Å². The number of anilines is 1. The fourth-order valence-corrected chi connectivity index (χ4v) is 1.38. The number of rotatable bonds is 1. The lowest BCUT2D eigenvalue weighted by Crippen LogP contribution is -2.27. The van der Waals surface area contributed by atoms with Crippen molar-refractivity contribution in [1.29, 1.82) is 0 Å². The van der Waals surface area contributed by atoms with Crippen molar-refractivity contribution in [3.63, 3.8) is 0 Å². The van der Waals surface area contributed by atoms with Crippen LogP contribution in [-0.2, 0) is 4.74 Å². The minimum Gasteiger partial charge on any atom is -0.506 e. The van der Waals surface area contributed by atoms with E-state index in [-0.39, 0.29) is 15.9 Å². The van der Waals surface area contributed by atoms with E-state index in [9.17, 15) is 14.3 Å². The van der Waals surface area contributed by atoms with Crippen molar-refractivity contribution >= 4 is 27.7 Å².